The summed E-state index contributed by atoms with van der Waals surface area (Å²) in [6.45, 7) is 4.53. The predicted octanol–water partition coefficient (Wildman–Crippen LogP) is 3.94. The largest absolute Gasteiger partial charge is 0.369 e. The molecule has 27 heavy (non-hydrogen) atoms. The molecule has 0 radical (unpaired) electrons. The van der Waals surface area contributed by atoms with E-state index in [1.54, 1.807) is 6.20 Å². The zero-order chi connectivity index (χ0) is 19.1. The highest BCUT2D eigenvalue weighted by atomic mass is 16.1. The molecule has 0 saturated carbocycles. The average molecular weight is 360 g/mol. The maximum atomic E-state index is 12.6. The van der Waals surface area contributed by atoms with Crippen LogP contribution in [0.4, 0.5) is 5.82 Å². The van der Waals surface area contributed by atoms with Crippen LogP contribution in [0, 0.1) is 0 Å². The molecule has 0 saturated heterocycles. The van der Waals surface area contributed by atoms with E-state index in [1.165, 1.54) is 0 Å². The van der Waals surface area contributed by atoms with Gasteiger partial charge in [-0.3, -0.25) is 9.78 Å². The number of nitrogens with one attached hydrogen (secondary N) is 2. The fraction of sp³-hybridized carbons (Fsp3) is 0.227. The van der Waals surface area contributed by atoms with Crippen LogP contribution in [0.2, 0.25) is 0 Å². The summed E-state index contributed by atoms with van der Waals surface area (Å²) in [5.74, 6) is 0.461. The molecule has 138 valence electrons. The molecule has 2 N–H and O–H groups in total. The normalized spacial score (nSPS) is 10.6. The molecule has 0 atom stereocenters. The van der Waals surface area contributed by atoms with Crippen LogP contribution >= 0.6 is 0 Å². The standard InChI is InChI=1S/C22H24N4O/c1-16(2)25-22(27)19-11-12-20(17-8-4-3-5-9-17)26-21(19)24-15-13-18-10-6-7-14-23-18/h3-12,14,16H,13,15H2,1-2H3,(H,24,26)(H,25,27). The summed E-state index contributed by atoms with van der Waals surface area (Å²) in [7, 11) is 0. The Hall–Kier alpha value is -3.21. The van der Waals surface area contributed by atoms with Crippen molar-refractivity contribution >= 4 is 11.7 Å². The molecule has 1 aromatic carbocycles. The topological polar surface area (TPSA) is 66.9 Å². The van der Waals surface area contributed by atoms with E-state index >= 15 is 0 Å². The van der Waals surface area contributed by atoms with Gasteiger partial charge < -0.3 is 10.6 Å². The van der Waals surface area contributed by atoms with Gasteiger partial charge >= 0.3 is 0 Å². The first-order chi connectivity index (χ1) is 13.1. The van der Waals surface area contributed by atoms with Gasteiger partial charge in [-0.05, 0) is 38.1 Å². The first kappa shape index (κ1) is 18.6. The van der Waals surface area contributed by atoms with Crippen LogP contribution in [0.1, 0.15) is 29.9 Å². The molecular weight excluding hydrogens is 336 g/mol. The van der Waals surface area contributed by atoms with Gasteiger partial charge in [0.25, 0.3) is 5.91 Å². The second kappa shape index (κ2) is 8.94. The Labute approximate surface area is 159 Å². The molecule has 5 nitrogen and oxygen atoms in total. The highest BCUT2D eigenvalue weighted by Crippen LogP contribution is 2.22. The number of carbonyl (C=O) groups is 1. The lowest BCUT2D eigenvalue weighted by Crippen LogP contribution is -2.31. The van der Waals surface area contributed by atoms with Crippen LogP contribution in [0.3, 0.4) is 0 Å². The minimum atomic E-state index is -0.127. The molecule has 0 spiro atoms. The van der Waals surface area contributed by atoms with Crippen molar-refractivity contribution in [3.05, 3.63) is 78.1 Å². The van der Waals surface area contributed by atoms with Crippen LogP contribution in [0.15, 0.2) is 66.9 Å². The number of anilines is 1. The first-order valence-corrected chi connectivity index (χ1v) is 9.14. The van der Waals surface area contributed by atoms with Gasteiger partial charge in [0.1, 0.15) is 5.82 Å². The van der Waals surface area contributed by atoms with Gasteiger partial charge in [0.2, 0.25) is 0 Å². The number of aromatic nitrogens is 2. The fourth-order valence-electron chi connectivity index (χ4n) is 2.74. The maximum Gasteiger partial charge on any atom is 0.255 e. The van der Waals surface area contributed by atoms with Crippen LogP contribution in [0.5, 0.6) is 0 Å². The van der Waals surface area contributed by atoms with Crippen molar-refractivity contribution in [1.29, 1.82) is 0 Å². The van der Waals surface area contributed by atoms with Crippen LogP contribution < -0.4 is 10.6 Å². The zero-order valence-corrected chi connectivity index (χ0v) is 15.6. The second-order valence-electron chi connectivity index (χ2n) is 6.58. The van der Waals surface area contributed by atoms with Gasteiger partial charge in [-0.1, -0.05) is 36.4 Å². The van der Waals surface area contributed by atoms with Crippen molar-refractivity contribution in [2.24, 2.45) is 0 Å². The quantitative estimate of drug-likeness (QED) is 0.670. The molecule has 0 aliphatic heterocycles. The number of carbonyl (C=O) groups excluding carboxylic acids is 1. The van der Waals surface area contributed by atoms with Crippen molar-refractivity contribution in [1.82, 2.24) is 15.3 Å². The predicted molar refractivity (Wildman–Crippen MR) is 109 cm³/mol. The van der Waals surface area contributed by atoms with Gasteiger partial charge in [-0.2, -0.15) is 0 Å². The summed E-state index contributed by atoms with van der Waals surface area (Å²) in [6, 6.07) is 19.6. The SMILES string of the molecule is CC(C)NC(=O)c1ccc(-c2ccccc2)nc1NCCc1ccccn1. The number of benzene rings is 1. The summed E-state index contributed by atoms with van der Waals surface area (Å²) in [4.78, 5) is 21.6. The molecule has 2 heterocycles. The number of pyridine rings is 2. The maximum absolute atomic E-state index is 12.6. The highest BCUT2D eigenvalue weighted by molar-refractivity contribution is 5.99. The summed E-state index contributed by atoms with van der Waals surface area (Å²) in [5, 5.41) is 6.25. The molecular formula is C22H24N4O. The average Bonchev–Trinajstić information content (AvgIpc) is 2.69. The van der Waals surface area contributed by atoms with E-state index in [2.05, 4.69) is 15.6 Å². The minimum absolute atomic E-state index is 0.0627. The fourth-order valence-corrected chi connectivity index (χ4v) is 2.74. The summed E-state index contributed by atoms with van der Waals surface area (Å²) >= 11 is 0. The van der Waals surface area contributed by atoms with Crippen molar-refractivity contribution in [3.63, 3.8) is 0 Å². The van der Waals surface area contributed by atoms with E-state index in [-0.39, 0.29) is 11.9 Å². The van der Waals surface area contributed by atoms with E-state index in [1.807, 2.05) is 74.5 Å². The van der Waals surface area contributed by atoms with Gasteiger partial charge in [-0.15, -0.1) is 0 Å². The molecule has 3 rings (SSSR count). The lowest BCUT2D eigenvalue weighted by Gasteiger charge is -2.14. The Morgan fingerprint density at radius 3 is 2.48 bits per heavy atom. The lowest BCUT2D eigenvalue weighted by atomic mass is 10.1. The highest BCUT2D eigenvalue weighted by Gasteiger charge is 2.15. The third kappa shape index (κ3) is 5.14. The molecule has 3 aromatic rings. The van der Waals surface area contributed by atoms with E-state index in [9.17, 15) is 4.79 Å². The Morgan fingerprint density at radius 2 is 1.78 bits per heavy atom. The molecule has 0 aliphatic rings. The Balaban J connectivity index is 1.83. The summed E-state index contributed by atoms with van der Waals surface area (Å²) < 4.78 is 0. The number of nitrogens with zero attached hydrogens (tertiary/aromatic N) is 2. The third-order valence-electron chi connectivity index (χ3n) is 4.03. The van der Waals surface area contributed by atoms with Crippen LogP contribution in [0.25, 0.3) is 11.3 Å². The Morgan fingerprint density at radius 1 is 1.00 bits per heavy atom. The van der Waals surface area contributed by atoms with Crippen LogP contribution in [-0.2, 0) is 6.42 Å². The number of rotatable bonds is 7. The van der Waals surface area contributed by atoms with Crippen molar-refractivity contribution in [2.75, 3.05) is 11.9 Å². The smallest absolute Gasteiger partial charge is 0.255 e. The zero-order valence-electron chi connectivity index (χ0n) is 15.6. The minimum Gasteiger partial charge on any atom is -0.369 e. The van der Waals surface area contributed by atoms with E-state index < -0.39 is 0 Å². The van der Waals surface area contributed by atoms with Gasteiger partial charge in [0.05, 0.1) is 11.3 Å². The lowest BCUT2D eigenvalue weighted by molar-refractivity contribution is 0.0943. The van der Waals surface area contributed by atoms with E-state index in [0.29, 0.717) is 17.9 Å². The van der Waals surface area contributed by atoms with Gasteiger partial charge in [0.15, 0.2) is 0 Å². The first-order valence-electron chi connectivity index (χ1n) is 9.14. The van der Waals surface area contributed by atoms with Gasteiger partial charge in [-0.25, -0.2) is 4.98 Å². The third-order valence-corrected chi connectivity index (χ3v) is 4.03. The molecule has 0 bridgehead atoms. The Kier molecular flexibility index (Phi) is 6.15. The number of amides is 1. The molecule has 0 aliphatic carbocycles. The number of hydrogen-bond donors (Lipinski definition) is 2. The van der Waals surface area contributed by atoms with E-state index in [4.69, 9.17) is 4.98 Å². The Bertz CT molecular complexity index is 879. The van der Waals surface area contributed by atoms with Crippen molar-refractivity contribution in [3.8, 4) is 11.3 Å². The van der Waals surface area contributed by atoms with E-state index in [0.717, 1.165) is 23.4 Å². The molecule has 2 aromatic heterocycles. The summed E-state index contributed by atoms with van der Waals surface area (Å²) in [5.41, 5.74) is 3.39. The summed E-state index contributed by atoms with van der Waals surface area (Å²) in [6.07, 6.45) is 2.54. The molecule has 0 fully saturated rings. The second-order valence-corrected chi connectivity index (χ2v) is 6.58. The molecule has 0 unspecified atom stereocenters. The molecule has 1 amide bonds. The van der Waals surface area contributed by atoms with Gasteiger partial charge in [0, 0.05) is 36.5 Å². The van der Waals surface area contributed by atoms with Crippen molar-refractivity contribution in [2.45, 2.75) is 26.3 Å². The molecule has 5 heteroatoms. The van der Waals surface area contributed by atoms with Crippen LogP contribution in [-0.4, -0.2) is 28.5 Å². The van der Waals surface area contributed by atoms with Crippen molar-refractivity contribution < 1.29 is 4.79 Å². The number of hydrogen-bond acceptors (Lipinski definition) is 4. The monoisotopic (exact) mass is 360 g/mol.